The predicted molar refractivity (Wildman–Crippen MR) is 102 cm³/mol. The van der Waals surface area contributed by atoms with Crippen LogP contribution in [0.15, 0.2) is 54.6 Å². The molecule has 0 aromatic heterocycles. The molecule has 1 aliphatic heterocycles. The summed E-state index contributed by atoms with van der Waals surface area (Å²) in [4.78, 5) is 13.8. The molecule has 3 rings (SSSR count). The molecule has 0 bridgehead atoms. The molecule has 4 nitrogen and oxygen atoms in total. The molecule has 2 aromatic rings. The molecule has 0 atom stereocenters. The molecule has 150 valence electrons. The Labute approximate surface area is 164 Å². The van der Waals surface area contributed by atoms with Crippen molar-refractivity contribution in [1.29, 1.82) is 0 Å². The third kappa shape index (κ3) is 5.76. The summed E-state index contributed by atoms with van der Waals surface area (Å²) in [6.45, 7) is 2.42. The second kappa shape index (κ2) is 9.64. The van der Waals surface area contributed by atoms with Crippen molar-refractivity contribution in [2.24, 2.45) is 0 Å². The molecule has 1 heterocycles. The van der Waals surface area contributed by atoms with Crippen LogP contribution in [-0.4, -0.2) is 37.1 Å². The van der Waals surface area contributed by atoms with Gasteiger partial charge in [0.2, 0.25) is 5.91 Å². The number of ether oxygens (including phenoxy) is 2. The van der Waals surface area contributed by atoms with Crippen molar-refractivity contribution < 1.29 is 23.0 Å². The van der Waals surface area contributed by atoms with Crippen molar-refractivity contribution in [1.82, 2.24) is 4.90 Å². The first-order chi connectivity index (χ1) is 13.5. The Balaban J connectivity index is 1.51. The summed E-state index contributed by atoms with van der Waals surface area (Å²) in [5, 5.41) is 0. The number of rotatable bonds is 8. The number of carbonyl (C=O) groups is 1. The van der Waals surface area contributed by atoms with Gasteiger partial charge in [0.15, 0.2) is 0 Å². The fourth-order valence-corrected chi connectivity index (χ4v) is 3.13. The first-order valence-corrected chi connectivity index (χ1v) is 9.55. The number of hydrogen-bond acceptors (Lipinski definition) is 3. The van der Waals surface area contributed by atoms with Gasteiger partial charge in [0.25, 0.3) is 5.92 Å². The largest absolute Gasteiger partial charge is 0.489 e. The van der Waals surface area contributed by atoms with E-state index in [0.717, 1.165) is 5.56 Å². The SMILES string of the molecule is O=C(CCCC(F)(F)c1cccc(OCc2ccccc2)c1)N1CCOCC1. The minimum absolute atomic E-state index is 0.0842. The molecule has 0 unspecified atom stereocenters. The third-order valence-electron chi connectivity index (χ3n) is 4.75. The Kier molecular flexibility index (Phi) is 6.98. The van der Waals surface area contributed by atoms with Crippen LogP contribution >= 0.6 is 0 Å². The highest BCUT2D eigenvalue weighted by Crippen LogP contribution is 2.35. The molecule has 2 aromatic carbocycles. The lowest BCUT2D eigenvalue weighted by Gasteiger charge is -2.27. The molecule has 0 radical (unpaired) electrons. The summed E-state index contributed by atoms with van der Waals surface area (Å²) in [5.41, 5.74) is 0.887. The molecule has 1 fully saturated rings. The van der Waals surface area contributed by atoms with E-state index >= 15 is 0 Å². The Morgan fingerprint density at radius 1 is 1.07 bits per heavy atom. The Hall–Kier alpha value is -2.47. The van der Waals surface area contributed by atoms with Crippen LogP contribution < -0.4 is 4.74 Å². The van der Waals surface area contributed by atoms with Gasteiger partial charge in [-0.05, 0) is 24.1 Å². The molecule has 0 saturated carbocycles. The van der Waals surface area contributed by atoms with Gasteiger partial charge in [0.1, 0.15) is 12.4 Å². The first-order valence-electron chi connectivity index (χ1n) is 9.55. The summed E-state index contributed by atoms with van der Waals surface area (Å²) in [5.74, 6) is -2.68. The summed E-state index contributed by atoms with van der Waals surface area (Å²) < 4.78 is 40.0. The standard InChI is InChI=1S/C22H25F2NO3/c23-22(24,11-5-10-21(26)25-12-14-27-15-13-25)19-8-4-9-20(16-19)28-17-18-6-2-1-3-7-18/h1-4,6-9,16H,5,10-15,17H2. The normalized spacial score (nSPS) is 14.7. The van der Waals surface area contributed by atoms with Crippen LogP contribution in [0.2, 0.25) is 0 Å². The second-order valence-corrected chi connectivity index (χ2v) is 6.85. The van der Waals surface area contributed by atoms with Crippen molar-refractivity contribution in [3.63, 3.8) is 0 Å². The summed E-state index contributed by atoms with van der Waals surface area (Å²) >= 11 is 0. The average molecular weight is 389 g/mol. The highest BCUT2D eigenvalue weighted by Gasteiger charge is 2.31. The van der Waals surface area contributed by atoms with Gasteiger partial charge in [-0.3, -0.25) is 4.79 Å². The zero-order valence-electron chi connectivity index (χ0n) is 15.8. The fraction of sp³-hybridized carbons (Fsp3) is 0.409. The van der Waals surface area contributed by atoms with Gasteiger partial charge in [0.05, 0.1) is 13.2 Å². The van der Waals surface area contributed by atoms with E-state index in [4.69, 9.17) is 9.47 Å². The topological polar surface area (TPSA) is 38.8 Å². The maximum atomic E-state index is 14.6. The lowest BCUT2D eigenvalue weighted by molar-refractivity contribution is -0.135. The smallest absolute Gasteiger partial charge is 0.273 e. The number of alkyl halides is 2. The number of carbonyl (C=O) groups excluding carboxylic acids is 1. The quantitative estimate of drug-likeness (QED) is 0.672. The lowest BCUT2D eigenvalue weighted by Crippen LogP contribution is -2.40. The van der Waals surface area contributed by atoms with Crippen LogP contribution in [-0.2, 0) is 22.1 Å². The van der Waals surface area contributed by atoms with Crippen LogP contribution in [0.1, 0.15) is 30.4 Å². The number of halogens is 2. The summed E-state index contributed by atoms with van der Waals surface area (Å²) in [6, 6.07) is 15.6. The molecule has 0 N–H and O–H groups in total. The fourth-order valence-electron chi connectivity index (χ4n) is 3.13. The van der Waals surface area contributed by atoms with Crippen molar-refractivity contribution in [3.8, 4) is 5.75 Å². The van der Waals surface area contributed by atoms with Crippen molar-refractivity contribution in [2.75, 3.05) is 26.3 Å². The van der Waals surface area contributed by atoms with E-state index in [9.17, 15) is 13.6 Å². The number of nitrogens with zero attached hydrogens (tertiary/aromatic N) is 1. The van der Waals surface area contributed by atoms with Crippen molar-refractivity contribution in [3.05, 3.63) is 65.7 Å². The van der Waals surface area contributed by atoms with Crippen molar-refractivity contribution >= 4 is 5.91 Å². The van der Waals surface area contributed by atoms with Crippen LogP contribution in [0.3, 0.4) is 0 Å². The first kappa shape index (κ1) is 20.3. The summed E-state index contributed by atoms with van der Waals surface area (Å²) in [7, 11) is 0. The van der Waals surface area contributed by atoms with Gasteiger partial charge in [-0.15, -0.1) is 0 Å². The zero-order chi connectivity index (χ0) is 19.8. The van der Waals surface area contributed by atoms with E-state index in [1.807, 2.05) is 30.3 Å². The van der Waals surface area contributed by atoms with Crippen LogP contribution in [0.25, 0.3) is 0 Å². The van der Waals surface area contributed by atoms with Gasteiger partial charge < -0.3 is 14.4 Å². The van der Waals surface area contributed by atoms with E-state index in [1.54, 1.807) is 17.0 Å². The number of hydrogen-bond donors (Lipinski definition) is 0. The Morgan fingerprint density at radius 3 is 2.57 bits per heavy atom. The predicted octanol–water partition coefficient (Wildman–Crippen LogP) is 4.39. The Bertz CT molecular complexity index is 761. The average Bonchev–Trinajstić information content (AvgIpc) is 2.74. The summed E-state index contributed by atoms with van der Waals surface area (Å²) in [6.07, 6.45) is -0.108. The van der Waals surface area contributed by atoms with E-state index < -0.39 is 5.92 Å². The van der Waals surface area contributed by atoms with Crippen molar-refractivity contribution in [2.45, 2.75) is 31.8 Å². The molecule has 0 aliphatic carbocycles. The van der Waals surface area contributed by atoms with Gasteiger partial charge >= 0.3 is 0 Å². The highest BCUT2D eigenvalue weighted by atomic mass is 19.3. The molecule has 1 saturated heterocycles. The molecule has 28 heavy (non-hydrogen) atoms. The van der Waals surface area contributed by atoms with Crippen LogP contribution in [0.5, 0.6) is 5.75 Å². The zero-order valence-corrected chi connectivity index (χ0v) is 15.8. The maximum absolute atomic E-state index is 14.6. The van der Waals surface area contributed by atoms with Crippen LogP contribution in [0.4, 0.5) is 8.78 Å². The minimum Gasteiger partial charge on any atom is -0.489 e. The molecule has 1 aliphatic rings. The molecule has 1 amide bonds. The third-order valence-corrected chi connectivity index (χ3v) is 4.75. The lowest BCUT2D eigenvalue weighted by atomic mass is 10.0. The second-order valence-electron chi connectivity index (χ2n) is 6.85. The van der Waals surface area contributed by atoms with Gasteiger partial charge in [-0.1, -0.05) is 42.5 Å². The molecular formula is C22H25F2NO3. The molecule has 0 spiro atoms. The van der Waals surface area contributed by atoms with Crippen LogP contribution in [0, 0.1) is 0 Å². The van der Waals surface area contributed by atoms with E-state index in [0.29, 0.717) is 38.7 Å². The molecular weight excluding hydrogens is 364 g/mol. The minimum atomic E-state index is -3.00. The number of amides is 1. The van der Waals surface area contributed by atoms with E-state index in [-0.39, 0.29) is 30.7 Å². The molecule has 6 heteroatoms. The van der Waals surface area contributed by atoms with E-state index in [2.05, 4.69) is 0 Å². The highest BCUT2D eigenvalue weighted by molar-refractivity contribution is 5.76. The number of benzene rings is 2. The number of morpholine rings is 1. The maximum Gasteiger partial charge on any atom is 0.273 e. The Morgan fingerprint density at radius 2 is 1.82 bits per heavy atom. The van der Waals surface area contributed by atoms with Gasteiger partial charge in [0, 0.05) is 31.5 Å². The van der Waals surface area contributed by atoms with E-state index in [1.165, 1.54) is 12.1 Å². The van der Waals surface area contributed by atoms with Gasteiger partial charge in [-0.2, -0.15) is 0 Å². The monoisotopic (exact) mass is 389 g/mol. The van der Waals surface area contributed by atoms with Gasteiger partial charge in [-0.25, -0.2) is 8.78 Å².